The zero-order valence-corrected chi connectivity index (χ0v) is 49.2. The zero-order valence-electron chi connectivity index (χ0n) is 48.3. The molecule has 0 saturated carbocycles. The molecule has 402 valence electrons. The fourth-order valence-corrected chi connectivity index (χ4v) is 11.9. The Hall–Kier alpha value is -2.25. The van der Waals surface area contributed by atoms with E-state index in [1.165, 1.54) is 190 Å². The number of nitrogens with zero attached hydrogens (tertiary/aromatic N) is 2. The summed E-state index contributed by atoms with van der Waals surface area (Å²) in [6.45, 7) is 23.0. The van der Waals surface area contributed by atoms with Gasteiger partial charge in [0.1, 0.15) is 0 Å². The molecule has 70 heavy (non-hydrogen) atoms. The van der Waals surface area contributed by atoms with Crippen molar-refractivity contribution < 1.29 is 19.1 Å². The van der Waals surface area contributed by atoms with Crippen LogP contribution in [-0.2, 0) is 53.0 Å². The van der Waals surface area contributed by atoms with E-state index in [9.17, 15) is 5.53 Å². The van der Waals surface area contributed by atoms with Gasteiger partial charge in [-0.3, -0.25) is 0 Å². The van der Waals surface area contributed by atoms with Crippen LogP contribution in [-0.4, -0.2) is 4.70 Å². The molecular formula is C67H114N2Ni. The first-order valence-corrected chi connectivity index (χ1v) is 32.1. The molecule has 0 spiro atoms. The summed E-state index contributed by atoms with van der Waals surface area (Å²) in [6.07, 6.45) is 52.5. The van der Waals surface area contributed by atoms with Crippen molar-refractivity contribution in [1.29, 1.82) is 0 Å². The van der Waals surface area contributed by atoms with Gasteiger partial charge in [-0.05, 0) is 122 Å². The molecule has 0 N–H and O–H groups in total. The Morgan fingerprint density at radius 3 is 1.09 bits per heavy atom. The van der Waals surface area contributed by atoms with Crippen molar-refractivity contribution in [2.45, 2.75) is 318 Å². The van der Waals surface area contributed by atoms with E-state index < -0.39 is 0 Å². The Morgan fingerprint density at radius 1 is 0.371 bits per heavy atom. The molecule has 2 aromatic rings. The van der Waals surface area contributed by atoms with E-state index in [0.29, 0.717) is 0 Å². The first-order valence-electron chi connectivity index (χ1n) is 30.7. The van der Waals surface area contributed by atoms with E-state index in [2.05, 4.69) is 106 Å². The quantitative estimate of drug-likeness (QED) is 0.0360. The number of hydrogen-bond donors (Lipinski definition) is 0. The van der Waals surface area contributed by atoms with Crippen LogP contribution >= 0.6 is 0 Å². The Labute approximate surface area is 443 Å². The molecule has 0 bridgehead atoms. The van der Waals surface area contributed by atoms with Gasteiger partial charge >= 0.3 is 155 Å². The number of unbranched alkanes of at least 4 members (excludes halogenated alkanes) is 20. The van der Waals surface area contributed by atoms with Gasteiger partial charge in [0.25, 0.3) is 0 Å². The maximum atomic E-state index is 12.5. The van der Waals surface area contributed by atoms with Crippen molar-refractivity contribution in [3.8, 4) is 0 Å². The van der Waals surface area contributed by atoms with E-state index in [4.69, 9.17) is 0 Å². The van der Waals surface area contributed by atoms with Crippen LogP contribution in [0.1, 0.15) is 313 Å². The van der Waals surface area contributed by atoms with Crippen LogP contribution in [0.25, 0.3) is 16.9 Å². The van der Waals surface area contributed by atoms with E-state index in [1.54, 1.807) is 15.8 Å². The first-order chi connectivity index (χ1) is 34.3. The normalized spacial score (nSPS) is 12.9. The third-order valence-electron chi connectivity index (χ3n) is 14.5. The molecule has 1 heterocycles. The van der Waals surface area contributed by atoms with Crippen LogP contribution in [0.3, 0.4) is 0 Å². The number of rotatable bonds is 42. The van der Waals surface area contributed by atoms with Crippen molar-refractivity contribution >= 4 is 11.4 Å². The van der Waals surface area contributed by atoms with Gasteiger partial charge in [0.2, 0.25) is 11.4 Å². The molecule has 2 aromatic carbocycles. The number of hydrogen-bond acceptors (Lipinski definition) is 0. The van der Waals surface area contributed by atoms with Crippen LogP contribution < -0.4 is 0 Å². The van der Waals surface area contributed by atoms with Crippen LogP contribution in [0.2, 0.25) is 10.8 Å². The first kappa shape index (κ1) is 63.9. The molecule has 3 heteroatoms. The molecule has 3 rings (SSSR count). The van der Waals surface area contributed by atoms with Crippen molar-refractivity contribution in [3.63, 3.8) is 0 Å². The van der Waals surface area contributed by atoms with E-state index in [1.807, 2.05) is 14.4 Å². The van der Waals surface area contributed by atoms with Crippen molar-refractivity contribution in [3.05, 3.63) is 97.6 Å². The molecule has 0 aromatic heterocycles. The topological polar surface area (TPSA) is 25.3 Å². The van der Waals surface area contributed by atoms with Gasteiger partial charge in [-0.25, -0.2) is 4.70 Å². The third kappa shape index (κ3) is 24.2. The van der Waals surface area contributed by atoms with Crippen molar-refractivity contribution in [1.82, 2.24) is 0 Å². The van der Waals surface area contributed by atoms with Crippen LogP contribution in [0, 0.1) is 0 Å². The summed E-state index contributed by atoms with van der Waals surface area (Å²) in [4.78, 5) is 0. The van der Waals surface area contributed by atoms with Gasteiger partial charge < -0.3 is 5.53 Å². The Morgan fingerprint density at radius 2 is 0.714 bits per heavy atom. The minimum atomic E-state index is 0.974. The van der Waals surface area contributed by atoms with Gasteiger partial charge in [0.05, 0.1) is 5.57 Å². The molecule has 1 aliphatic heterocycles. The second-order valence-corrected chi connectivity index (χ2v) is 22.6. The molecule has 2 nitrogen and oxygen atoms in total. The van der Waals surface area contributed by atoms with Crippen LogP contribution in [0.15, 0.2) is 47.6 Å². The number of allylic oxidation sites excluding steroid dienone is 4. The van der Waals surface area contributed by atoms with Gasteiger partial charge in [0, 0.05) is 16.7 Å². The molecule has 0 aliphatic carbocycles. The predicted molar refractivity (Wildman–Crippen MR) is 311 cm³/mol. The van der Waals surface area contributed by atoms with Crippen LogP contribution in [0.4, 0.5) is 0 Å². The molecule has 0 atom stereocenters. The molecular weight excluding hydrogens is 891 g/mol. The molecule has 1 aliphatic rings. The second-order valence-electron chi connectivity index (χ2n) is 21.1. The maximum absolute atomic E-state index is 12.5. The summed E-state index contributed by atoms with van der Waals surface area (Å²) in [5, 5.41) is 2.86. The summed E-state index contributed by atoms with van der Waals surface area (Å²) in [6, 6.07) is 9.76. The Bertz CT molecular complexity index is 1680. The van der Waals surface area contributed by atoms with Gasteiger partial charge in [-0.15, -0.1) is 0 Å². The minimum absolute atomic E-state index is 0.974. The Balaban J connectivity index is 0.000000615. The van der Waals surface area contributed by atoms with E-state index in [-0.39, 0.29) is 0 Å². The van der Waals surface area contributed by atoms with E-state index >= 15 is 0 Å². The Kier molecular flexibility index (Phi) is 38.5. The second kappa shape index (κ2) is 42.1. The molecule has 0 saturated heterocycles. The number of benzene rings is 2. The predicted octanol–water partition coefficient (Wildman–Crippen LogP) is 22.9. The molecule has 0 unspecified atom stereocenters. The SMILES string of the molecule is CCCCCC=CC1=C(c2cc(CCC)c(CCC)c(CCC)c2)[N+](=[N-])C(c2cc(CCC)c(CCC)c(CCC)c2)=C1CCCC.CCCCCCCCCC[CH2][Ni][CH2]CCCCCCCCCC. The van der Waals surface area contributed by atoms with Gasteiger partial charge in [-0.1, -0.05) is 125 Å². The summed E-state index contributed by atoms with van der Waals surface area (Å²) in [5.74, 6) is 0. The standard InChI is InChI=1S/C45H68N2.2C11H23.Ni/c1-9-17-19-20-21-29-43-42(28-18-10-2)44(38-30-34(22-11-3)40(26-15-7)35(31-38)23-12-4)47(46)45(43)39-32-36(24-13-5)41(27-16-8)37(33-39)25-14-6;2*1-3-5-7-9-11-10-8-6-4-2;/h21,29-33H,9-20,22-28H2,1-8H3;2*1,3-11H2,2H3;. The fourth-order valence-electron chi connectivity index (χ4n) is 10.7. The van der Waals surface area contributed by atoms with Crippen LogP contribution in [0.5, 0.6) is 0 Å². The zero-order chi connectivity index (χ0) is 51.0. The fraction of sp³-hybridized carbons (Fsp3) is 0.731. The summed E-state index contributed by atoms with van der Waals surface area (Å²) < 4.78 is 1.62. The monoisotopic (exact) mass is 1000 g/mol. The molecule has 0 radical (unpaired) electrons. The average molecular weight is 1010 g/mol. The van der Waals surface area contributed by atoms with Gasteiger partial charge in [-0.2, -0.15) is 0 Å². The average Bonchev–Trinajstić information content (AvgIpc) is 3.63. The summed E-state index contributed by atoms with van der Waals surface area (Å²) in [7, 11) is 0. The van der Waals surface area contributed by atoms with Crippen molar-refractivity contribution in [2.24, 2.45) is 0 Å². The molecule has 0 amide bonds. The number of aryl methyl sites for hydroxylation is 4. The summed E-state index contributed by atoms with van der Waals surface area (Å²) >= 11 is 2.03. The third-order valence-corrected chi connectivity index (χ3v) is 15.9. The van der Waals surface area contributed by atoms with Crippen molar-refractivity contribution in [2.75, 3.05) is 0 Å². The molecule has 0 fully saturated rings. The van der Waals surface area contributed by atoms with Gasteiger partial charge in [0.15, 0.2) is 0 Å². The summed E-state index contributed by atoms with van der Waals surface area (Å²) in [5.41, 5.74) is 28.5. The van der Waals surface area contributed by atoms with E-state index in [0.717, 1.165) is 114 Å².